The summed E-state index contributed by atoms with van der Waals surface area (Å²) in [5, 5.41) is 16.9. The highest BCUT2D eigenvalue weighted by Crippen LogP contribution is 2.16. The minimum Gasteiger partial charge on any atom is -0.481 e. The molecular formula is C28H52O4S4. The van der Waals surface area contributed by atoms with Gasteiger partial charge in [0, 0.05) is 4.20 Å². The van der Waals surface area contributed by atoms with Crippen LogP contribution < -0.4 is 0 Å². The highest BCUT2D eigenvalue weighted by atomic mass is 32.2. The van der Waals surface area contributed by atoms with E-state index in [0.29, 0.717) is 0 Å². The average molecular weight is 581 g/mol. The summed E-state index contributed by atoms with van der Waals surface area (Å²) >= 11 is 12.5. The van der Waals surface area contributed by atoms with Gasteiger partial charge in [0.25, 0.3) is 0 Å². The molecule has 0 aliphatic rings. The van der Waals surface area contributed by atoms with Crippen LogP contribution in [-0.4, -0.2) is 42.1 Å². The zero-order valence-electron chi connectivity index (χ0n) is 22.9. The zero-order chi connectivity index (χ0) is 27.3. The van der Waals surface area contributed by atoms with Crippen LogP contribution >= 0.6 is 48.0 Å². The second kappa shape index (κ2) is 31.2. The van der Waals surface area contributed by atoms with Gasteiger partial charge < -0.3 is 10.2 Å². The van der Waals surface area contributed by atoms with Crippen molar-refractivity contribution in [3.05, 3.63) is 0 Å². The highest BCUT2D eigenvalue weighted by Gasteiger charge is 2.05. The van der Waals surface area contributed by atoms with Gasteiger partial charge in [-0.1, -0.05) is 141 Å². The fourth-order valence-corrected chi connectivity index (χ4v) is 5.47. The van der Waals surface area contributed by atoms with E-state index in [9.17, 15) is 9.59 Å². The molecule has 212 valence electrons. The van der Waals surface area contributed by atoms with Crippen LogP contribution in [0.25, 0.3) is 0 Å². The molecule has 0 saturated carbocycles. The molecule has 36 heavy (non-hydrogen) atoms. The Morgan fingerprint density at radius 1 is 0.611 bits per heavy atom. The van der Waals surface area contributed by atoms with E-state index in [1.54, 1.807) is 0 Å². The molecule has 0 aliphatic carbocycles. The number of hydrogen-bond donors (Lipinski definition) is 2. The number of aliphatic hydroxyl groups is 1. The van der Waals surface area contributed by atoms with Crippen LogP contribution in [0.1, 0.15) is 142 Å². The van der Waals surface area contributed by atoms with Gasteiger partial charge in [0.05, 0.1) is 9.95 Å². The van der Waals surface area contributed by atoms with Crippen molar-refractivity contribution in [2.45, 2.75) is 142 Å². The van der Waals surface area contributed by atoms with Crippen LogP contribution in [-0.2, 0) is 9.59 Å². The summed E-state index contributed by atoms with van der Waals surface area (Å²) in [6.45, 7) is 4.07. The van der Waals surface area contributed by atoms with E-state index in [0.717, 1.165) is 45.8 Å². The monoisotopic (exact) mass is 580 g/mol. The van der Waals surface area contributed by atoms with Gasteiger partial charge in [0.1, 0.15) is 6.61 Å². The standard InChI is InChI=1S/2C14H26O2S2/c1-2-3-4-5-6-7-8-9-10-11-14(17)18-12-13(15)16;1-2-3-4-5-6-7-8-9-10-11-14(17)18-13(16)12-15/h2-12H2,1H3,(H,15,16);15H,2-12H2,1H3. The number of aliphatic carboxylic acids is 1. The number of unbranched alkanes of at least 4 members (excludes halogenated alkanes) is 16. The van der Waals surface area contributed by atoms with Crippen LogP contribution in [0.2, 0.25) is 0 Å². The number of hydrogen-bond acceptors (Lipinski definition) is 7. The normalized spacial score (nSPS) is 10.5. The molecule has 0 fully saturated rings. The molecule has 0 unspecified atom stereocenters. The van der Waals surface area contributed by atoms with Gasteiger partial charge in [0.15, 0.2) is 0 Å². The molecule has 4 nitrogen and oxygen atoms in total. The third kappa shape index (κ3) is 34.0. The molecule has 0 aromatic carbocycles. The highest BCUT2D eigenvalue weighted by molar-refractivity contribution is 8.33. The number of carbonyl (C=O) groups excluding carboxylic acids is 1. The summed E-state index contributed by atoms with van der Waals surface area (Å²) in [7, 11) is 0. The van der Waals surface area contributed by atoms with Crippen molar-refractivity contribution in [2.24, 2.45) is 0 Å². The van der Waals surface area contributed by atoms with Gasteiger partial charge in [-0.05, 0) is 37.4 Å². The Bertz CT molecular complexity index is 556. The molecule has 0 atom stereocenters. The summed E-state index contributed by atoms with van der Waals surface area (Å²) < 4.78 is 1.57. The van der Waals surface area contributed by atoms with Crippen LogP contribution in [0.4, 0.5) is 0 Å². The molecule has 2 N–H and O–H groups in total. The molecule has 0 bridgehead atoms. The number of carboxylic acid groups (broad SMARTS) is 1. The molecule has 0 spiro atoms. The van der Waals surface area contributed by atoms with Crippen molar-refractivity contribution < 1.29 is 19.8 Å². The maximum atomic E-state index is 10.9. The van der Waals surface area contributed by atoms with E-state index >= 15 is 0 Å². The van der Waals surface area contributed by atoms with Gasteiger partial charge in [0.2, 0.25) is 5.12 Å². The molecule has 0 rings (SSSR count). The number of thiocarbonyl (C=S) groups is 2. The average Bonchev–Trinajstić information content (AvgIpc) is 2.85. The lowest BCUT2D eigenvalue weighted by molar-refractivity contribution is -0.133. The molecule has 0 radical (unpaired) electrons. The lowest BCUT2D eigenvalue weighted by atomic mass is 10.1. The smallest absolute Gasteiger partial charge is 0.313 e. The molecule has 0 aliphatic heterocycles. The molecule has 0 aromatic heterocycles. The summed E-state index contributed by atoms with van der Waals surface area (Å²) in [5.41, 5.74) is 0. The topological polar surface area (TPSA) is 74.6 Å². The number of thioether (sulfide) groups is 2. The lowest BCUT2D eigenvalue weighted by Gasteiger charge is -2.03. The van der Waals surface area contributed by atoms with Gasteiger partial charge in [-0.15, -0.1) is 11.8 Å². The second-order valence-corrected chi connectivity index (χ2v) is 12.9. The first-order chi connectivity index (χ1) is 17.4. The lowest BCUT2D eigenvalue weighted by Crippen LogP contribution is -2.01. The fraction of sp³-hybridized carbons (Fsp3) is 0.857. The van der Waals surface area contributed by atoms with Crippen LogP contribution in [0, 0.1) is 0 Å². The Morgan fingerprint density at radius 3 is 1.33 bits per heavy atom. The number of aliphatic hydroxyl groups excluding tert-OH is 1. The second-order valence-electron chi connectivity index (χ2n) is 9.22. The Hall–Kier alpha value is -0.0200. The Kier molecular flexibility index (Phi) is 33.0. The first kappa shape index (κ1) is 38.1. The SMILES string of the molecule is CCCCCCCCCCCC(=S)SC(=O)CO.CCCCCCCCCCCC(=S)SCC(=O)O. The van der Waals surface area contributed by atoms with Crippen molar-refractivity contribution in [3.63, 3.8) is 0 Å². The summed E-state index contributed by atoms with van der Waals surface area (Å²) in [5.74, 6) is -0.676. The van der Waals surface area contributed by atoms with Gasteiger partial charge >= 0.3 is 5.97 Å². The molecule has 0 amide bonds. The van der Waals surface area contributed by atoms with E-state index < -0.39 is 12.6 Å². The van der Waals surface area contributed by atoms with Crippen LogP contribution in [0.15, 0.2) is 0 Å². The quantitative estimate of drug-likeness (QED) is 0.0914. The summed E-state index contributed by atoms with van der Waals surface area (Å²) in [6.07, 6.45) is 25.1. The number of carbonyl (C=O) groups is 2. The van der Waals surface area contributed by atoms with E-state index in [4.69, 9.17) is 34.6 Å². The van der Waals surface area contributed by atoms with Gasteiger partial charge in [-0.25, -0.2) is 0 Å². The van der Waals surface area contributed by atoms with Crippen molar-refractivity contribution in [1.29, 1.82) is 0 Å². The largest absolute Gasteiger partial charge is 0.481 e. The number of carboxylic acids is 1. The van der Waals surface area contributed by atoms with Crippen molar-refractivity contribution >= 4 is 67.4 Å². The third-order valence-corrected chi connectivity index (χ3v) is 8.40. The van der Waals surface area contributed by atoms with Crippen LogP contribution in [0.3, 0.4) is 0 Å². The summed E-state index contributed by atoms with van der Waals surface area (Å²) in [4.78, 5) is 21.3. The maximum absolute atomic E-state index is 10.9. The van der Waals surface area contributed by atoms with Crippen molar-refractivity contribution in [1.82, 2.24) is 0 Å². The molecular weight excluding hydrogens is 529 g/mol. The first-order valence-corrected chi connectivity index (χ1v) is 16.7. The number of rotatable bonds is 23. The van der Waals surface area contributed by atoms with E-state index in [1.165, 1.54) is 114 Å². The van der Waals surface area contributed by atoms with Gasteiger partial charge in [-0.2, -0.15) is 0 Å². The third-order valence-electron chi connectivity index (χ3n) is 5.68. The Morgan fingerprint density at radius 2 is 0.972 bits per heavy atom. The Balaban J connectivity index is 0. The minimum atomic E-state index is -0.783. The molecule has 8 heteroatoms. The molecule has 0 aromatic rings. The fourth-order valence-electron chi connectivity index (χ4n) is 3.58. The van der Waals surface area contributed by atoms with Crippen molar-refractivity contribution in [3.8, 4) is 0 Å². The maximum Gasteiger partial charge on any atom is 0.313 e. The zero-order valence-corrected chi connectivity index (χ0v) is 26.2. The van der Waals surface area contributed by atoms with E-state index in [2.05, 4.69) is 13.8 Å². The predicted octanol–water partition coefficient (Wildman–Crippen LogP) is 9.54. The minimum absolute atomic E-state index is 0.107. The van der Waals surface area contributed by atoms with Crippen LogP contribution in [0.5, 0.6) is 0 Å². The molecule has 0 heterocycles. The van der Waals surface area contributed by atoms with Crippen molar-refractivity contribution in [2.75, 3.05) is 12.4 Å². The first-order valence-electron chi connectivity index (χ1n) is 14.1. The molecule has 0 saturated heterocycles. The van der Waals surface area contributed by atoms with Gasteiger partial charge in [-0.3, -0.25) is 9.59 Å². The summed E-state index contributed by atoms with van der Waals surface area (Å²) in [6, 6.07) is 0. The van der Waals surface area contributed by atoms with E-state index in [1.807, 2.05) is 0 Å². The predicted molar refractivity (Wildman–Crippen MR) is 169 cm³/mol. The Labute approximate surface area is 240 Å². The van der Waals surface area contributed by atoms with E-state index in [-0.39, 0.29) is 10.9 Å².